The summed E-state index contributed by atoms with van der Waals surface area (Å²) in [5, 5.41) is 8.69. The number of fused-ring (bicyclic) bond motifs is 2. The van der Waals surface area contributed by atoms with E-state index in [0.29, 0.717) is 24.4 Å². The summed E-state index contributed by atoms with van der Waals surface area (Å²) < 4.78 is 28.4. The molecule has 9 heteroatoms. The van der Waals surface area contributed by atoms with Crippen molar-refractivity contribution < 1.29 is 8.78 Å². The second-order valence-corrected chi connectivity index (χ2v) is 7.32. The van der Waals surface area contributed by atoms with Crippen molar-refractivity contribution in [2.75, 3.05) is 5.32 Å². The molecule has 0 spiro atoms. The average Bonchev–Trinajstić information content (AvgIpc) is 3.27. The van der Waals surface area contributed by atoms with Crippen molar-refractivity contribution in [3.05, 3.63) is 36.4 Å². The Bertz CT molecular complexity index is 1150. The van der Waals surface area contributed by atoms with E-state index in [9.17, 15) is 8.78 Å². The summed E-state index contributed by atoms with van der Waals surface area (Å²) in [4.78, 5) is 16.3. The fourth-order valence-corrected chi connectivity index (χ4v) is 3.69. The van der Waals surface area contributed by atoms with E-state index < -0.39 is 5.92 Å². The number of H-pyrrole nitrogens is 1. The van der Waals surface area contributed by atoms with Crippen LogP contribution in [0.15, 0.2) is 30.7 Å². The van der Waals surface area contributed by atoms with Crippen LogP contribution in [-0.4, -0.2) is 41.5 Å². The molecular weight excluding hydrogens is 364 g/mol. The Morgan fingerprint density at radius 2 is 2.00 bits per heavy atom. The molecule has 0 atom stereocenters. The fourth-order valence-electron chi connectivity index (χ4n) is 3.69. The minimum atomic E-state index is -2.54. The van der Waals surface area contributed by atoms with Crippen molar-refractivity contribution >= 4 is 22.6 Å². The van der Waals surface area contributed by atoms with E-state index in [0.717, 1.165) is 28.0 Å². The number of aromatic nitrogens is 6. The van der Waals surface area contributed by atoms with Crippen LogP contribution in [0.3, 0.4) is 0 Å². The van der Waals surface area contributed by atoms with E-state index in [4.69, 9.17) is 0 Å². The highest BCUT2D eigenvalue weighted by Crippen LogP contribution is 2.34. The molecule has 28 heavy (non-hydrogen) atoms. The molecular formula is C19H19F2N7. The quantitative estimate of drug-likeness (QED) is 0.559. The topological polar surface area (TPSA) is 83.8 Å². The zero-order valence-corrected chi connectivity index (χ0v) is 15.3. The van der Waals surface area contributed by atoms with Crippen LogP contribution in [0.25, 0.3) is 27.9 Å². The molecule has 7 nitrogen and oxygen atoms in total. The highest BCUT2D eigenvalue weighted by Gasteiger charge is 2.35. The molecule has 4 heterocycles. The summed E-state index contributed by atoms with van der Waals surface area (Å²) in [6, 6.07) is 3.81. The number of halogens is 2. The Balaban J connectivity index is 1.42. The van der Waals surface area contributed by atoms with Gasteiger partial charge in [0.2, 0.25) is 11.9 Å². The molecule has 0 radical (unpaired) electrons. The average molecular weight is 383 g/mol. The minimum Gasteiger partial charge on any atom is -0.351 e. The highest BCUT2D eigenvalue weighted by molar-refractivity contribution is 5.92. The molecule has 4 aromatic rings. The second kappa shape index (κ2) is 6.22. The number of anilines is 1. The zero-order valence-electron chi connectivity index (χ0n) is 15.3. The van der Waals surface area contributed by atoms with Gasteiger partial charge in [0.1, 0.15) is 5.65 Å². The van der Waals surface area contributed by atoms with Gasteiger partial charge in [0.05, 0.1) is 17.6 Å². The van der Waals surface area contributed by atoms with E-state index in [1.807, 2.05) is 25.3 Å². The standard InChI is InChI=1S/C19H19F2N7/c1-11-8-22-16-3-2-15(27-28(11)16)13-9-23-17-14(13)10-24-18(26-17)25-12-4-6-19(20,21)7-5-12/h2-3,8-10,12H,4-7H2,1H3,(H2,23,24,25,26). The number of alkyl halides is 2. The van der Waals surface area contributed by atoms with E-state index in [2.05, 4.69) is 30.4 Å². The van der Waals surface area contributed by atoms with Crippen LogP contribution in [-0.2, 0) is 0 Å². The Morgan fingerprint density at radius 3 is 2.82 bits per heavy atom. The molecule has 0 unspecified atom stereocenters. The van der Waals surface area contributed by atoms with Crippen LogP contribution in [0.4, 0.5) is 14.7 Å². The Hall–Kier alpha value is -3.10. The van der Waals surface area contributed by atoms with Crippen molar-refractivity contribution in [3.63, 3.8) is 0 Å². The second-order valence-electron chi connectivity index (χ2n) is 7.32. The van der Waals surface area contributed by atoms with Gasteiger partial charge in [0.15, 0.2) is 5.65 Å². The van der Waals surface area contributed by atoms with Gasteiger partial charge in [-0.1, -0.05) is 0 Å². The van der Waals surface area contributed by atoms with Crippen molar-refractivity contribution in [2.24, 2.45) is 0 Å². The van der Waals surface area contributed by atoms with Gasteiger partial charge in [-0.05, 0) is 31.9 Å². The fraction of sp³-hybridized carbons (Fsp3) is 0.368. The largest absolute Gasteiger partial charge is 0.351 e. The molecule has 5 rings (SSSR count). The number of nitrogens with zero attached hydrogens (tertiary/aromatic N) is 5. The Labute approximate surface area is 159 Å². The number of hydrogen-bond acceptors (Lipinski definition) is 5. The number of imidazole rings is 1. The lowest BCUT2D eigenvalue weighted by Gasteiger charge is -2.28. The zero-order chi connectivity index (χ0) is 19.3. The first-order chi connectivity index (χ1) is 13.5. The molecule has 2 N–H and O–H groups in total. The molecule has 0 amide bonds. The van der Waals surface area contributed by atoms with Crippen molar-refractivity contribution in [1.82, 2.24) is 29.5 Å². The molecule has 0 bridgehead atoms. The molecule has 4 aromatic heterocycles. The van der Waals surface area contributed by atoms with Crippen LogP contribution in [0.1, 0.15) is 31.4 Å². The number of aryl methyl sites for hydroxylation is 1. The van der Waals surface area contributed by atoms with Gasteiger partial charge >= 0.3 is 0 Å². The number of rotatable bonds is 3. The van der Waals surface area contributed by atoms with Gasteiger partial charge < -0.3 is 10.3 Å². The maximum Gasteiger partial charge on any atom is 0.248 e. The summed E-state index contributed by atoms with van der Waals surface area (Å²) >= 11 is 0. The molecule has 0 saturated heterocycles. The lowest BCUT2D eigenvalue weighted by atomic mass is 9.92. The summed E-state index contributed by atoms with van der Waals surface area (Å²) in [6.07, 6.45) is 6.01. The van der Waals surface area contributed by atoms with Crippen LogP contribution in [0.2, 0.25) is 0 Å². The van der Waals surface area contributed by atoms with E-state index >= 15 is 0 Å². The third-order valence-corrected chi connectivity index (χ3v) is 5.29. The summed E-state index contributed by atoms with van der Waals surface area (Å²) in [5.74, 6) is -2.09. The number of nitrogens with one attached hydrogen (secondary N) is 2. The highest BCUT2D eigenvalue weighted by atomic mass is 19.3. The molecule has 1 aliphatic carbocycles. The van der Waals surface area contributed by atoms with Crippen LogP contribution in [0.5, 0.6) is 0 Å². The third kappa shape index (κ3) is 2.96. The van der Waals surface area contributed by atoms with Crippen molar-refractivity contribution in [3.8, 4) is 11.3 Å². The first-order valence-electron chi connectivity index (χ1n) is 9.29. The van der Waals surface area contributed by atoms with Gasteiger partial charge in [-0.2, -0.15) is 10.1 Å². The smallest absolute Gasteiger partial charge is 0.248 e. The number of hydrogen-bond donors (Lipinski definition) is 2. The van der Waals surface area contributed by atoms with E-state index in [-0.39, 0.29) is 18.9 Å². The van der Waals surface area contributed by atoms with Gasteiger partial charge in [-0.25, -0.2) is 23.3 Å². The molecule has 0 aromatic carbocycles. The first-order valence-corrected chi connectivity index (χ1v) is 9.29. The van der Waals surface area contributed by atoms with Gasteiger partial charge in [-0.15, -0.1) is 0 Å². The molecule has 1 saturated carbocycles. The monoisotopic (exact) mass is 383 g/mol. The van der Waals surface area contributed by atoms with Gasteiger partial charge in [0.25, 0.3) is 0 Å². The molecule has 144 valence electrons. The SMILES string of the molecule is Cc1cnc2ccc(-c3c[nH]c4nc(NC5CCC(F)(F)CC5)ncc34)nn12. The van der Waals surface area contributed by atoms with E-state index in [1.165, 1.54) is 0 Å². The van der Waals surface area contributed by atoms with E-state index in [1.54, 1.807) is 16.9 Å². The Morgan fingerprint density at radius 1 is 1.18 bits per heavy atom. The maximum atomic E-state index is 13.3. The van der Waals surface area contributed by atoms with Crippen LogP contribution >= 0.6 is 0 Å². The summed E-state index contributed by atoms with van der Waals surface area (Å²) in [5.41, 5.74) is 4.12. The summed E-state index contributed by atoms with van der Waals surface area (Å²) in [7, 11) is 0. The predicted molar refractivity (Wildman–Crippen MR) is 101 cm³/mol. The van der Waals surface area contributed by atoms with Crippen molar-refractivity contribution in [1.29, 1.82) is 0 Å². The summed E-state index contributed by atoms with van der Waals surface area (Å²) in [6.45, 7) is 1.95. The van der Waals surface area contributed by atoms with Crippen LogP contribution in [0, 0.1) is 6.92 Å². The lowest BCUT2D eigenvalue weighted by molar-refractivity contribution is -0.0361. The van der Waals surface area contributed by atoms with Crippen LogP contribution < -0.4 is 5.32 Å². The maximum absolute atomic E-state index is 13.3. The predicted octanol–water partition coefficient (Wildman–Crippen LogP) is 3.97. The lowest BCUT2D eigenvalue weighted by Crippen LogP contribution is -2.32. The third-order valence-electron chi connectivity index (χ3n) is 5.29. The number of aromatic amines is 1. The Kier molecular flexibility index (Phi) is 3.78. The minimum absolute atomic E-state index is 0.0280. The first kappa shape index (κ1) is 17.0. The molecule has 1 fully saturated rings. The molecule has 0 aliphatic heterocycles. The molecule has 1 aliphatic rings. The van der Waals surface area contributed by atoms with Crippen molar-refractivity contribution in [2.45, 2.75) is 44.6 Å². The van der Waals surface area contributed by atoms with Gasteiger partial charge in [-0.3, -0.25) is 0 Å². The normalized spacial score (nSPS) is 17.4. The van der Waals surface area contributed by atoms with Gasteiger partial charge in [0, 0.05) is 42.2 Å².